The van der Waals surface area contributed by atoms with Gasteiger partial charge in [0, 0.05) is 26.9 Å². The van der Waals surface area contributed by atoms with Gasteiger partial charge >= 0.3 is 8.80 Å². The Morgan fingerprint density at radius 1 is 0.773 bits per heavy atom. The summed E-state index contributed by atoms with van der Waals surface area (Å²) >= 11 is 0. The van der Waals surface area contributed by atoms with E-state index in [1.54, 1.807) is 21.3 Å². The minimum absolute atomic E-state index is 0.499. The highest BCUT2D eigenvalue weighted by molar-refractivity contribution is 6.62. The molecule has 5 rings (SSSR count). The molecule has 9 unspecified atom stereocenters. The lowest BCUT2D eigenvalue weighted by Gasteiger charge is -2.46. The highest BCUT2D eigenvalue weighted by Crippen LogP contribution is 2.70. The number of hydrogen-bond acceptors (Lipinski definition) is 4. The number of rotatable bonds is 4. The maximum Gasteiger partial charge on any atom is 0.503 e. The molecule has 0 aromatic heterocycles. The van der Waals surface area contributed by atoms with Gasteiger partial charge in [0.2, 0.25) is 0 Å². The van der Waals surface area contributed by atoms with Gasteiger partial charge in [-0.15, -0.1) is 0 Å². The summed E-state index contributed by atoms with van der Waals surface area (Å²) in [6.45, 7) is 0. The van der Waals surface area contributed by atoms with Crippen LogP contribution in [0.2, 0.25) is 5.54 Å². The normalized spacial score (nSPS) is 55.0. The Morgan fingerprint density at radius 2 is 1.45 bits per heavy atom. The summed E-state index contributed by atoms with van der Waals surface area (Å²) in [5.41, 5.74) is 0.499. The highest BCUT2D eigenvalue weighted by Gasteiger charge is 2.70. The van der Waals surface area contributed by atoms with Gasteiger partial charge in [-0.25, -0.2) is 0 Å². The van der Waals surface area contributed by atoms with E-state index < -0.39 is 8.80 Å². The van der Waals surface area contributed by atoms with Crippen LogP contribution in [0, 0.1) is 35.5 Å². The van der Waals surface area contributed by atoms with Gasteiger partial charge in [-0.05, 0) is 67.6 Å². The highest BCUT2D eigenvalue weighted by atomic mass is 28.4. The van der Waals surface area contributed by atoms with Crippen LogP contribution in [0.15, 0.2) is 0 Å². The summed E-state index contributed by atoms with van der Waals surface area (Å²) in [5.74, 6) is 5.65. The van der Waals surface area contributed by atoms with E-state index >= 15 is 0 Å². The van der Waals surface area contributed by atoms with Crippen LogP contribution >= 0.6 is 0 Å². The summed E-state index contributed by atoms with van der Waals surface area (Å²) in [5, 5.41) is 0. The zero-order chi connectivity index (χ0) is 15.1. The Balaban J connectivity index is 1.37. The fraction of sp³-hybridized carbons (Fsp3) is 1.00. The van der Waals surface area contributed by atoms with Gasteiger partial charge in [0.05, 0.1) is 12.2 Å². The first-order valence-corrected chi connectivity index (χ1v) is 10.8. The quantitative estimate of drug-likeness (QED) is 0.589. The number of epoxide rings is 1. The van der Waals surface area contributed by atoms with Crippen molar-refractivity contribution in [2.75, 3.05) is 21.3 Å². The standard InChI is InChI=1S/C17H28O4Si/c1-18-22(19-2,20-3)9-4-5-10-11(6-9)12-7-13(10)16-14(12)8-15-17(16)21-15/h9-17H,4-8H2,1-3H3. The molecule has 9 atom stereocenters. The topological polar surface area (TPSA) is 40.2 Å². The molecule has 5 heteroatoms. The molecular weight excluding hydrogens is 296 g/mol. The zero-order valence-corrected chi connectivity index (χ0v) is 14.9. The molecule has 0 aromatic rings. The Morgan fingerprint density at radius 3 is 2.18 bits per heavy atom. The molecule has 0 aromatic carbocycles. The third kappa shape index (κ3) is 1.67. The van der Waals surface area contributed by atoms with Crippen LogP contribution < -0.4 is 0 Å². The molecule has 22 heavy (non-hydrogen) atoms. The van der Waals surface area contributed by atoms with Gasteiger partial charge in [0.25, 0.3) is 0 Å². The van der Waals surface area contributed by atoms with E-state index in [1.165, 1.54) is 32.1 Å². The molecule has 4 nitrogen and oxygen atoms in total. The van der Waals surface area contributed by atoms with E-state index in [4.69, 9.17) is 18.0 Å². The number of fused-ring (bicyclic) bond motifs is 10. The van der Waals surface area contributed by atoms with Crippen molar-refractivity contribution in [3.8, 4) is 0 Å². The van der Waals surface area contributed by atoms with Gasteiger partial charge in [0.1, 0.15) is 0 Å². The van der Waals surface area contributed by atoms with Crippen LogP contribution in [0.3, 0.4) is 0 Å². The van der Waals surface area contributed by atoms with Gasteiger partial charge in [-0.3, -0.25) is 0 Å². The smallest absolute Gasteiger partial charge is 0.377 e. The maximum atomic E-state index is 5.87. The molecular formula is C17H28O4Si. The first-order valence-electron chi connectivity index (χ1n) is 9.03. The lowest BCUT2D eigenvalue weighted by atomic mass is 9.64. The van der Waals surface area contributed by atoms with Crippen molar-refractivity contribution >= 4 is 8.80 Å². The average molecular weight is 324 g/mol. The molecule has 4 aliphatic carbocycles. The van der Waals surface area contributed by atoms with E-state index in [0.717, 1.165) is 35.5 Å². The van der Waals surface area contributed by atoms with Crippen molar-refractivity contribution in [1.82, 2.24) is 0 Å². The number of hydrogen-bond donors (Lipinski definition) is 0. The molecule has 0 spiro atoms. The Bertz CT molecular complexity index is 459. The minimum Gasteiger partial charge on any atom is -0.377 e. The van der Waals surface area contributed by atoms with Crippen molar-refractivity contribution in [3.63, 3.8) is 0 Å². The van der Waals surface area contributed by atoms with Gasteiger partial charge in [0.15, 0.2) is 0 Å². The molecule has 0 radical (unpaired) electrons. The number of ether oxygens (including phenoxy) is 1. The molecule has 1 heterocycles. The van der Waals surface area contributed by atoms with E-state index in [-0.39, 0.29) is 0 Å². The molecule has 4 saturated carbocycles. The van der Waals surface area contributed by atoms with Crippen molar-refractivity contribution in [1.29, 1.82) is 0 Å². The lowest BCUT2D eigenvalue weighted by Crippen LogP contribution is -2.51. The predicted molar refractivity (Wildman–Crippen MR) is 83.2 cm³/mol. The maximum absolute atomic E-state index is 5.87. The minimum atomic E-state index is -2.47. The first-order chi connectivity index (χ1) is 10.7. The predicted octanol–water partition coefficient (Wildman–Crippen LogP) is 2.70. The molecule has 0 N–H and O–H groups in total. The third-order valence-electron chi connectivity index (χ3n) is 8.00. The van der Waals surface area contributed by atoms with Crippen LogP contribution in [-0.2, 0) is 18.0 Å². The Hall–Kier alpha value is 0.0569. The van der Waals surface area contributed by atoms with Crippen molar-refractivity contribution < 1.29 is 18.0 Å². The largest absolute Gasteiger partial charge is 0.503 e. The second-order valence-electron chi connectivity index (χ2n) is 8.23. The fourth-order valence-corrected chi connectivity index (χ4v) is 9.88. The summed E-state index contributed by atoms with van der Waals surface area (Å²) in [6, 6.07) is 0. The monoisotopic (exact) mass is 324 g/mol. The first kappa shape index (κ1) is 14.4. The summed E-state index contributed by atoms with van der Waals surface area (Å²) in [7, 11) is 2.84. The van der Waals surface area contributed by atoms with Crippen LogP contribution in [0.4, 0.5) is 0 Å². The van der Waals surface area contributed by atoms with E-state index in [0.29, 0.717) is 17.7 Å². The second-order valence-corrected chi connectivity index (χ2v) is 11.5. The van der Waals surface area contributed by atoms with Crippen molar-refractivity contribution in [2.24, 2.45) is 35.5 Å². The van der Waals surface area contributed by atoms with Gasteiger partial charge in [-0.2, -0.15) is 0 Å². The van der Waals surface area contributed by atoms with Crippen molar-refractivity contribution in [2.45, 2.75) is 49.9 Å². The molecule has 5 fully saturated rings. The van der Waals surface area contributed by atoms with Crippen LogP contribution in [0.25, 0.3) is 0 Å². The average Bonchev–Trinajstić information content (AvgIpc) is 2.94. The molecule has 5 aliphatic rings. The van der Waals surface area contributed by atoms with Crippen LogP contribution in [0.5, 0.6) is 0 Å². The molecule has 1 aliphatic heterocycles. The van der Waals surface area contributed by atoms with Crippen LogP contribution in [0.1, 0.15) is 32.1 Å². The zero-order valence-electron chi connectivity index (χ0n) is 13.9. The Labute approximate surface area is 134 Å². The summed E-state index contributed by atoms with van der Waals surface area (Å²) in [6.07, 6.45) is 7.97. The molecule has 1 saturated heterocycles. The van der Waals surface area contributed by atoms with Gasteiger partial charge in [-0.1, -0.05) is 0 Å². The summed E-state index contributed by atoms with van der Waals surface area (Å²) in [4.78, 5) is 0. The van der Waals surface area contributed by atoms with E-state index in [2.05, 4.69) is 0 Å². The van der Waals surface area contributed by atoms with Crippen molar-refractivity contribution in [3.05, 3.63) is 0 Å². The molecule has 0 amide bonds. The van der Waals surface area contributed by atoms with Crippen LogP contribution in [-0.4, -0.2) is 42.3 Å². The molecule has 124 valence electrons. The second kappa shape index (κ2) is 4.79. The lowest BCUT2D eigenvalue weighted by molar-refractivity contribution is 0.0273. The summed E-state index contributed by atoms with van der Waals surface area (Å²) < 4.78 is 23.2. The molecule has 2 bridgehead atoms. The third-order valence-corrected chi connectivity index (χ3v) is 11.2. The fourth-order valence-electron chi connectivity index (χ4n) is 7.30. The SMILES string of the molecule is CO[Si](OC)(OC)C1CCC2C(C1)C1CC2C2C1CC1OC12. The Kier molecular flexibility index (Phi) is 3.14. The van der Waals surface area contributed by atoms with E-state index in [1.807, 2.05) is 0 Å². The van der Waals surface area contributed by atoms with Gasteiger partial charge < -0.3 is 18.0 Å². The van der Waals surface area contributed by atoms with E-state index in [9.17, 15) is 0 Å².